The molecule has 1 unspecified atom stereocenters. The minimum Gasteiger partial charge on any atom is -0.497 e. The fraction of sp³-hybridized carbons (Fsp3) is 0.208. The largest absolute Gasteiger partial charge is 0.497 e. The highest BCUT2D eigenvalue weighted by Gasteiger charge is 2.32. The number of alkyl halides is 3. The summed E-state index contributed by atoms with van der Waals surface area (Å²) in [6.45, 7) is -0.0342. The van der Waals surface area contributed by atoms with Gasteiger partial charge in [-0.1, -0.05) is 6.07 Å². The number of carbonyl (C=O) groups is 1. The number of aliphatic hydroxyl groups is 1. The Hall–Kier alpha value is -3.72. The van der Waals surface area contributed by atoms with Gasteiger partial charge in [-0.2, -0.15) is 13.2 Å². The van der Waals surface area contributed by atoms with E-state index in [1.165, 1.54) is 12.1 Å². The minimum absolute atomic E-state index is 0.139. The van der Waals surface area contributed by atoms with Crippen LogP contribution in [0.15, 0.2) is 66.7 Å². The number of rotatable bonds is 5. The van der Waals surface area contributed by atoms with E-state index in [9.17, 15) is 23.1 Å². The minimum atomic E-state index is -4.46. The van der Waals surface area contributed by atoms with Gasteiger partial charge in [0.15, 0.2) is 5.75 Å². The molecule has 0 fully saturated rings. The van der Waals surface area contributed by atoms with Crippen LogP contribution in [0.2, 0.25) is 0 Å². The number of methoxy groups -OCH3 is 1. The molecule has 0 bridgehead atoms. The van der Waals surface area contributed by atoms with E-state index >= 15 is 0 Å². The molecule has 0 spiro atoms. The van der Waals surface area contributed by atoms with Crippen LogP contribution in [0.1, 0.15) is 15.9 Å². The van der Waals surface area contributed by atoms with Gasteiger partial charge in [-0.05, 0) is 60.7 Å². The summed E-state index contributed by atoms with van der Waals surface area (Å²) in [5, 5.41) is 12.5. The van der Waals surface area contributed by atoms with Gasteiger partial charge >= 0.3 is 6.18 Å². The summed E-state index contributed by atoms with van der Waals surface area (Å²) >= 11 is 0. The Bertz CT molecular complexity index is 1130. The number of nitrogens with zero attached hydrogens (tertiary/aromatic N) is 1. The van der Waals surface area contributed by atoms with Crippen molar-refractivity contribution in [3.63, 3.8) is 0 Å². The van der Waals surface area contributed by atoms with Gasteiger partial charge in [-0.3, -0.25) is 4.79 Å². The smallest absolute Gasteiger partial charge is 0.416 e. The third-order valence-corrected chi connectivity index (χ3v) is 5.32. The van der Waals surface area contributed by atoms with E-state index < -0.39 is 17.6 Å². The number of nitrogens with one attached hydrogen (secondary N) is 1. The van der Waals surface area contributed by atoms with Gasteiger partial charge in [0, 0.05) is 11.4 Å². The molecule has 1 atom stereocenters. The molecule has 1 aliphatic heterocycles. The molecule has 1 heterocycles. The van der Waals surface area contributed by atoms with Crippen molar-refractivity contribution in [2.45, 2.75) is 12.2 Å². The number of benzene rings is 3. The summed E-state index contributed by atoms with van der Waals surface area (Å²) in [6.07, 6.45) is -4.46. The summed E-state index contributed by atoms with van der Waals surface area (Å²) in [6, 6.07) is 16.1. The summed E-state index contributed by atoms with van der Waals surface area (Å²) < 4.78 is 49.4. The van der Waals surface area contributed by atoms with Crippen LogP contribution in [-0.2, 0) is 6.18 Å². The second-order valence-electron chi connectivity index (χ2n) is 7.40. The standard InChI is InChI=1S/C24H21F3N2O4/c1-32-19-11-9-17(10-12-19)29-18(13-30)14-33-22-20(3-2-4-21(22)29)23(31)28-16-7-5-15(6-8-16)24(25,26)27/h2-12,18,30H,13-14H2,1H3,(H,28,31). The van der Waals surface area contributed by atoms with Crippen molar-refractivity contribution >= 4 is 23.0 Å². The lowest BCUT2D eigenvalue weighted by Gasteiger charge is -2.38. The fourth-order valence-corrected chi connectivity index (χ4v) is 3.66. The normalized spacial score (nSPS) is 15.4. The molecule has 0 saturated carbocycles. The number of para-hydroxylation sites is 1. The highest BCUT2D eigenvalue weighted by molar-refractivity contribution is 6.07. The average molecular weight is 458 g/mol. The molecular formula is C24H21F3N2O4. The molecule has 6 nitrogen and oxygen atoms in total. The molecule has 4 rings (SSSR count). The predicted octanol–water partition coefficient (Wildman–Crippen LogP) is 4.86. The van der Waals surface area contributed by atoms with Crippen molar-refractivity contribution in [2.24, 2.45) is 0 Å². The SMILES string of the molecule is COc1ccc(N2c3cccc(C(=O)Nc4ccc(C(F)(F)F)cc4)c3OCC2CO)cc1. The Kier molecular flexibility index (Phi) is 6.15. The van der Waals surface area contributed by atoms with Crippen molar-refractivity contribution in [3.8, 4) is 11.5 Å². The van der Waals surface area contributed by atoms with Crippen molar-refractivity contribution in [3.05, 3.63) is 77.9 Å². The van der Waals surface area contributed by atoms with E-state index in [0.717, 1.165) is 17.8 Å². The zero-order valence-electron chi connectivity index (χ0n) is 17.6. The number of carbonyl (C=O) groups excluding carboxylic acids is 1. The fourth-order valence-electron chi connectivity index (χ4n) is 3.66. The predicted molar refractivity (Wildman–Crippen MR) is 117 cm³/mol. The van der Waals surface area contributed by atoms with Crippen LogP contribution in [0.5, 0.6) is 11.5 Å². The van der Waals surface area contributed by atoms with E-state index in [1.54, 1.807) is 37.4 Å². The Morgan fingerprint density at radius 2 is 1.82 bits per heavy atom. The lowest BCUT2D eigenvalue weighted by molar-refractivity contribution is -0.137. The lowest BCUT2D eigenvalue weighted by Crippen LogP contribution is -2.43. The molecular weight excluding hydrogens is 437 g/mol. The van der Waals surface area contributed by atoms with E-state index in [0.29, 0.717) is 17.2 Å². The van der Waals surface area contributed by atoms with Crippen molar-refractivity contribution in [1.82, 2.24) is 0 Å². The van der Waals surface area contributed by atoms with Crippen LogP contribution >= 0.6 is 0 Å². The monoisotopic (exact) mass is 458 g/mol. The van der Waals surface area contributed by atoms with Crippen molar-refractivity contribution in [2.75, 3.05) is 30.5 Å². The molecule has 1 amide bonds. The molecule has 0 radical (unpaired) electrons. The van der Waals surface area contributed by atoms with E-state index in [-0.39, 0.29) is 30.5 Å². The average Bonchev–Trinajstić information content (AvgIpc) is 2.82. The number of amides is 1. The topological polar surface area (TPSA) is 71.0 Å². The van der Waals surface area contributed by atoms with Gasteiger partial charge in [0.1, 0.15) is 12.4 Å². The van der Waals surface area contributed by atoms with E-state index in [2.05, 4.69) is 5.32 Å². The van der Waals surface area contributed by atoms with Crippen LogP contribution in [0.25, 0.3) is 0 Å². The maximum Gasteiger partial charge on any atom is 0.416 e. The number of hydrogen-bond acceptors (Lipinski definition) is 5. The van der Waals surface area contributed by atoms with Crippen molar-refractivity contribution in [1.29, 1.82) is 0 Å². The van der Waals surface area contributed by atoms with Crippen LogP contribution in [-0.4, -0.2) is 37.4 Å². The number of anilines is 3. The first-order chi connectivity index (χ1) is 15.8. The molecule has 3 aromatic rings. The van der Waals surface area contributed by atoms with Gasteiger partial charge in [0.25, 0.3) is 5.91 Å². The quantitative estimate of drug-likeness (QED) is 0.572. The second kappa shape index (κ2) is 9.03. The van der Waals surface area contributed by atoms with Gasteiger partial charge in [-0.25, -0.2) is 0 Å². The third-order valence-electron chi connectivity index (χ3n) is 5.32. The van der Waals surface area contributed by atoms with Crippen molar-refractivity contribution < 1.29 is 32.5 Å². The molecule has 172 valence electrons. The van der Waals surface area contributed by atoms with Crippen LogP contribution in [0.4, 0.5) is 30.2 Å². The zero-order valence-corrected chi connectivity index (χ0v) is 17.6. The molecule has 2 N–H and O–H groups in total. The highest BCUT2D eigenvalue weighted by Crippen LogP contribution is 2.42. The zero-order chi connectivity index (χ0) is 23.6. The molecule has 1 aliphatic rings. The Morgan fingerprint density at radius 1 is 1.12 bits per heavy atom. The first-order valence-electron chi connectivity index (χ1n) is 10.1. The third kappa shape index (κ3) is 4.58. The number of ether oxygens (including phenoxy) is 2. The summed E-state index contributed by atoms with van der Waals surface area (Å²) in [4.78, 5) is 14.8. The lowest BCUT2D eigenvalue weighted by atomic mass is 10.1. The Morgan fingerprint density at radius 3 is 2.42 bits per heavy atom. The van der Waals surface area contributed by atoms with Gasteiger partial charge in [0.2, 0.25) is 0 Å². The Labute approximate surface area is 188 Å². The van der Waals surface area contributed by atoms with Crippen LogP contribution in [0.3, 0.4) is 0 Å². The number of aliphatic hydroxyl groups excluding tert-OH is 1. The Balaban J connectivity index is 1.64. The first-order valence-corrected chi connectivity index (χ1v) is 10.1. The van der Waals surface area contributed by atoms with Gasteiger partial charge in [0.05, 0.1) is 36.6 Å². The molecule has 9 heteroatoms. The number of fused-ring (bicyclic) bond motifs is 1. The van der Waals surface area contributed by atoms with E-state index in [1.807, 2.05) is 17.0 Å². The summed E-state index contributed by atoms with van der Waals surface area (Å²) in [5.74, 6) is 0.476. The molecule has 0 saturated heterocycles. The van der Waals surface area contributed by atoms with E-state index in [4.69, 9.17) is 9.47 Å². The molecule has 3 aromatic carbocycles. The highest BCUT2D eigenvalue weighted by atomic mass is 19.4. The van der Waals surface area contributed by atoms with Gasteiger partial charge in [-0.15, -0.1) is 0 Å². The molecule has 0 aliphatic carbocycles. The number of hydrogen-bond donors (Lipinski definition) is 2. The van der Waals surface area contributed by atoms with Crippen LogP contribution in [0, 0.1) is 0 Å². The molecule has 0 aromatic heterocycles. The molecule has 33 heavy (non-hydrogen) atoms. The first kappa shape index (κ1) is 22.5. The summed E-state index contributed by atoms with van der Waals surface area (Å²) in [5.41, 5.74) is 1.01. The maximum absolute atomic E-state index is 12.9. The summed E-state index contributed by atoms with van der Waals surface area (Å²) in [7, 11) is 1.57. The second-order valence-corrected chi connectivity index (χ2v) is 7.40. The maximum atomic E-state index is 12.9. The van der Waals surface area contributed by atoms with Gasteiger partial charge < -0.3 is 24.8 Å². The number of halogens is 3. The van der Waals surface area contributed by atoms with Crippen LogP contribution < -0.4 is 19.7 Å².